The average Bonchev–Trinajstić information content (AvgIpc) is 2.09. The first kappa shape index (κ1) is 13.9. The predicted octanol–water partition coefficient (Wildman–Crippen LogP) is 2.68. The van der Waals surface area contributed by atoms with Crippen LogP contribution in [0, 0.1) is 11.8 Å². The third-order valence-corrected chi connectivity index (χ3v) is 2.41. The molecule has 14 heavy (non-hydrogen) atoms. The van der Waals surface area contributed by atoms with Gasteiger partial charge in [-0.3, -0.25) is 0 Å². The summed E-state index contributed by atoms with van der Waals surface area (Å²) < 4.78 is 5.66. The topological polar surface area (TPSA) is 21.3 Å². The van der Waals surface area contributed by atoms with Crippen LogP contribution in [0.25, 0.3) is 0 Å². The van der Waals surface area contributed by atoms with Gasteiger partial charge in [-0.15, -0.1) is 0 Å². The molecule has 0 saturated carbocycles. The average molecular weight is 201 g/mol. The normalized spacial score (nSPS) is 13.9. The van der Waals surface area contributed by atoms with Gasteiger partial charge in [0.1, 0.15) is 0 Å². The summed E-state index contributed by atoms with van der Waals surface area (Å²) in [7, 11) is 0. The molecule has 1 N–H and O–H groups in total. The van der Waals surface area contributed by atoms with Crippen LogP contribution in [0.1, 0.15) is 41.0 Å². The van der Waals surface area contributed by atoms with Gasteiger partial charge in [-0.1, -0.05) is 34.6 Å². The van der Waals surface area contributed by atoms with Crippen molar-refractivity contribution in [2.45, 2.75) is 47.1 Å². The Morgan fingerprint density at radius 2 is 1.79 bits per heavy atom. The van der Waals surface area contributed by atoms with Crippen molar-refractivity contribution in [1.29, 1.82) is 0 Å². The molecular weight excluding hydrogens is 174 g/mol. The summed E-state index contributed by atoms with van der Waals surface area (Å²) in [5.41, 5.74) is 0. The Morgan fingerprint density at radius 3 is 2.21 bits per heavy atom. The minimum atomic E-state index is 0.507. The number of nitrogens with one attached hydrogen (secondary N) is 1. The van der Waals surface area contributed by atoms with Crippen LogP contribution < -0.4 is 5.32 Å². The standard InChI is InChI=1S/C12H27NO/c1-6-13-12(11(4)5)9-14-8-7-10(2)3/h10-13H,6-9H2,1-5H3. The fraction of sp³-hybridized carbons (Fsp3) is 1.00. The van der Waals surface area contributed by atoms with Crippen molar-refractivity contribution in [2.75, 3.05) is 19.8 Å². The van der Waals surface area contributed by atoms with Crippen LogP contribution in [-0.4, -0.2) is 25.8 Å². The Morgan fingerprint density at radius 1 is 1.14 bits per heavy atom. The summed E-state index contributed by atoms with van der Waals surface area (Å²) in [5, 5.41) is 3.45. The monoisotopic (exact) mass is 201 g/mol. The number of hydrogen-bond donors (Lipinski definition) is 1. The quantitative estimate of drug-likeness (QED) is 0.610. The Kier molecular flexibility index (Phi) is 8.20. The molecule has 0 spiro atoms. The molecule has 1 atom stereocenters. The molecule has 0 aromatic rings. The smallest absolute Gasteiger partial charge is 0.0622 e. The lowest BCUT2D eigenvalue weighted by molar-refractivity contribution is 0.0907. The largest absolute Gasteiger partial charge is 0.380 e. The summed E-state index contributed by atoms with van der Waals surface area (Å²) in [6, 6.07) is 0.507. The summed E-state index contributed by atoms with van der Waals surface area (Å²) in [6.45, 7) is 13.8. The molecule has 0 aliphatic heterocycles. The lowest BCUT2D eigenvalue weighted by atomic mass is 10.1. The lowest BCUT2D eigenvalue weighted by Crippen LogP contribution is -2.37. The number of rotatable bonds is 8. The van der Waals surface area contributed by atoms with E-state index in [1.54, 1.807) is 0 Å². The summed E-state index contributed by atoms with van der Waals surface area (Å²) in [6.07, 6.45) is 1.16. The first-order chi connectivity index (χ1) is 6.57. The van der Waals surface area contributed by atoms with Crippen LogP contribution in [0.3, 0.4) is 0 Å². The number of hydrogen-bond acceptors (Lipinski definition) is 2. The van der Waals surface area contributed by atoms with Gasteiger partial charge < -0.3 is 10.1 Å². The van der Waals surface area contributed by atoms with E-state index in [2.05, 4.69) is 39.9 Å². The molecule has 0 saturated heterocycles. The highest BCUT2D eigenvalue weighted by atomic mass is 16.5. The van der Waals surface area contributed by atoms with Gasteiger partial charge in [0.25, 0.3) is 0 Å². The van der Waals surface area contributed by atoms with Gasteiger partial charge in [0.2, 0.25) is 0 Å². The van der Waals surface area contributed by atoms with Crippen LogP contribution in [0.5, 0.6) is 0 Å². The molecule has 0 aromatic carbocycles. The van der Waals surface area contributed by atoms with Gasteiger partial charge in [0, 0.05) is 12.6 Å². The van der Waals surface area contributed by atoms with Crippen molar-refractivity contribution in [3.05, 3.63) is 0 Å². The molecule has 0 fully saturated rings. The zero-order valence-corrected chi connectivity index (χ0v) is 10.5. The second-order valence-electron chi connectivity index (χ2n) is 4.67. The summed E-state index contributed by atoms with van der Waals surface area (Å²) in [5.74, 6) is 1.39. The first-order valence-electron chi connectivity index (χ1n) is 5.89. The molecular formula is C12H27NO. The molecule has 2 nitrogen and oxygen atoms in total. The van der Waals surface area contributed by atoms with Crippen LogP contribution in [0.15, 0.2) is 0 Å². The van der Waals surface area contributed by atoms with Gasteiger partial charge >= 0.3 is 0 Å². The Labute approximate surface area is 89.4 Å². The summed E-state index contributed by atoms with van der Waals surface area (Å²) in [4.78, 5) is 0. The van der Waals surface area contributed by atoms with E-state index >= 15 is 0 Å². The fourth-order valence-electron chi connectivity index (χ4n) is 1.28. The molecule has 1 unspecified atom stereocenters. The third-order valence-electron chi connectivity index (χ3n) is 2.41. The predicted molar refractivity (Wildman–Crippen MR) is 62.6 cm³/mol. The van der Waals surface area contributed by atoms with Gasteiger partial charge in [-0.25, -0.2) is 0 Å². The van der Waals surface area contributed by atoms with Crippen molar-refractivity contribution >= 4 is 0 Å². The maximum Gasteiger partial charge on any atom is 0.0622 e. The SMILES string of the molecule is CCNC(COCCC(C)C)C(C)C. The van der Waals surface area contributed by atoms with Crippen molar-refractivity contribution in [3.8, 4) is 0 Å². The van der Waals surface area contributed by atoms with E-state index in [9.17, 15) is 0 Å². The third kappa shape index (κ3) is 7.34. The highest BCUT2D eigenvalue weighted by molar-refractivity contribution is 4.68. The number of ether oxygens (including phenoxy) is 1. The molecule has 0 aromatic heterocycles. The van der Waals surface area contributed by atoms with Crippen molar-refractivity contribution in [1.82, 2.24) is 5.32 Å². The minimum Gasteiger partial charge on any atom is -0.380 e. The van der Waals surface area contributed by atoms with E-state index in [1.165, 1.54) is 0 Å². The molecule has 0 amide bonds. The van der Waals surface area contributed by atoms with Gasteiger partial charge in [-0.2, -0.15) is 0 Å². The molecule has 86 valence electrons. The summed E-state index contributed by atoms with van der Waals surface area (Å²) >= 11 is 0. The first-order valence-corrected chi connectivity index (χ1v) is 5.89. The van der Waals surface area contributed by atoms with E-state index < -0.39 is 0 Å². The zero-order chi connectivity index (χ0) is 11.0. The Bertz CT molecular complexity index is 123. The molecule has 0 heterocycles. The van der Waals surface area contributed by atoms with Gasteiger partial charge in [0.05, 0.1) is 6.61 Å². The van der Waals surface area contributed by atoms with E-state index in [4.69, 9.17) is 4.74 Å². The molecule has 0 aliphatic rings. The number of likely N-dealkylation sites (N-methyl/N-ethyl adjacent to an activating group) is 1. The van der Waals surface area contributed by atoms with E-state index in [-0.39, 0.29) is 0 Å². The Hall–Kier alpha value is -0.0800. The minimum absolute atomic E-state index is 0.507. The highest BCUT2D eigenvalue weighted by Gasteiger charge is 2.11. The van der Waals surface area contributed by atoms with Crippen LogP contribution in [0.2, 0.25) is 0 Å². The van der Waals surface area contributed by atoms with E-state index in [1.807, 2.05) is 0 Å². The van der Waals surface area contributed by atoms with Crippen molar-refractivity contribution in [2.24, 2.45) is 11.8 Å². The van der Waals surface area contributed by atoms with E-state index in [0.717, 1.165) is 32.1 Å². The maximum atomic E-state index is 5.66. The second-order valence-corrected chi connectivity index (χ2v) is 4.67. The van der Waals surface area contributed by atoms with Gasteiger partial charge in [-0.05, 0) is 24.8 Å². The van der Waals surface area contributed by atoms with Crippen molar-refractivity contribution < 1.29 is 4.74 Å². The van der Waals surface area contributed by atoms with Crippen LogP contribution in [-0.2, 0) is 4.74 Å². The van der Waals surface area contributed by atoms with Crippen LogP contribution >= 0.6 is 0 Å². The zero-order valence-electron chi connectivity index (χ0n) is 10.5. The molecule has 2 heteroatoms. The van der Waals surface area contributed by atoms with Crippen LogP contribution in [0.4, 0.5) is 0 Å². The highest BCUT2D eigenvalue weighted by Crippen LogP contribution is 2.04. The molecule has 0 aliphatic carbocycles. The molecule has 0 radical (unpaired) electrons. The van der Waals surface area contributed by atoms with E-state index in [0.29, 0.717) is 12.0 Å². The fourth-order valence-corrected chi connectivity index (χ4v) is 1.28. The lowest BCUT2D eigenvalue weighted by Gasteiger charge is -2.21. The molecule has 0 bridgehead atoms. The maximum absolute atomic E-state index is 5.66. The van der Waals surface area contributed by atoms with Gasteiger partial charge in [0.15, 0.2) is 0 Å². The van der Waals surface area contributed by atoms with Crippen molar-refractivity contribution in [3.63, 3.8) is 0 Å². The second kappa shape index (κ2) is 8.25. The Balaban J connectivity index is 3.50. The molecule has 0 rings (SSSR count).